The third-order valence-electron chi connectivity index (χ3n) is 3.01. The number of nitrogens with two attached hydrogens (primary N) is 1. The predicted octanol–water partition coefficient (Wildman–Crippen LogP) is 1.82. The summed E-state index contributed by atoms with van der Waals surface area (Å²) in [6.45, 7) is 0.381. The summed E-state index contributed by atoms with van der Waals surface area (Å²) in [6, 6.07) is 9.36. The van der Waals surface area contributed by atoms with E-state index in [9.17, 15) is 15.0 Å². The van der Waals surface area contributed by atoms with Gasteiger partial charge in [-0.05, 0) is 35.9 Å². The van der Waals surface area contributed by atoms with Crippen LogP contribution in [0.2, 0.25) is 0 Å². The summed E-state index contributed by atoms with van der Waals surface area (Å²) >= 11 is 0. The van der Waals surface area contributed by atoms with Gasteiger partial charge in [0.05, 0.1) is 12.8 Å². The van der Waals surface area contributed by atoms with Crippen LogP contribution in [0.3, 0.4) is 0 Å². The Bertz CT molecular complexity index is 671. The first-order chi connectivity index (χ1) is 10.0. The molecule has 0 aliphatic carbocycles. The lowest BCUT2D eigenvalue weighted by Gasteiger charge is -2.12. The highest BCUT2D eigenvalue weighted by molar-refractivity contribution is 5.94. The maximum Gasteiger partial charge on any atom is 0.248 e. The zero-order chi connectivity index (χ0) is 15.4. The number of phenols is 2. The van der Waals surface area contributed by atoms with Crippen LogP contribution in [-0.2, 0) is 6.54 Å². The van der Waals surface area contributed by atoms with Crippen LogP contribution in [0.15, 0.2) is 36.4 Å². The number of ether oxygens (including phenoxy) is 1. The summed E-state index contributed by atoms with van der Waals surface area (Å²) in [7, 11) is 1.52. The van der Waals surface area contributed by atoms with E-state index in [2.05, 4.69) is 5.32 Å². The van der Waals surface area contributed by atoms with Crippen LogP contribution in [-0.4, -0.2) is 23.2 Å². The van der Waals surface area contributed by atoms with Gasteiger partial charge in [-0.15, -0.1) is 0 Å². The number of hydrogen-bond acceptors (Lipinski definition) is 5. The molecule has 0 aliphatic rings. The first-order valence-electron chi connectivity index (χ1n) is 6.24. The minimum atomic E-state index is -0.525. The number of amides is 1. The van der Waals surface area contributed by atoms with Crippen molar-refractivity contribution in [3.05, 3.63) is 47.5 Å². The molecule has 5 N–H and O–H groups in total. The van der Waals surface area contributed by atoms with Crippen molar-refractivity contribution in [3.8, 4) is 17.2 Å². The molecule has 6 nitrogen and oxygen atoms in total. The van der Waals surface area contributed by atoms with Crippen molar-refractivity contribution in [2.45, 2.75) is 6.54 Å². The Balaban J connectivity index is 2.19. The summed E-state index contributed by atoms with van der Waals surface area (Å²) in [4.78, 5) is 11.2. The van der Waals surface area contributed by atoms with E-state index in [1.807, 2.05) is 0 Å². The smallest absolute Gasteiger partial charge is 0.248 e. The first kappa shape index (κ1) is 14.5. The summed E-state index contributed by atoms with van der Waals surface area (Å²) in [5.74, 6) is -0.315. The average molecular weight is 288 g/mol. The van der Waals surface area contributed by atoms with Crippen molar-refractivity contribution in [3.63, 3.8) is 0 Å². The van der Waals surface area contributed by atoms with Crippen LogP contribution < -0.4 is 15.8 Å². The first-order valence-corrected chi connectivity index (χ1v) is 6.24. The number of carbonyl (C=O) groups excluding carboxylic acids is 1. The normalized spacial score (nSPS) is 10.1. The van der Waals surface area contributed by atoms with Crippen molar-refractivity contribution < 1.29 is 19.7 Å². The maximum absolute atomic E-state index is 11.2. The second kappa shape index (κ2) is 6.04. The lowest BCUT2D eigenvalue weighted by molar-refractivity contribution is 0.100. The monoisotopic (exact) mass is 288 g/mol. The summed E-state index contributed by atoms with van der Waals surface area (Å²) in [6.07, 6.45) is 0. The molecule has 0 spiro atoms. The summed E-state index contributed by atoms with van der Waals surface area (Å²) in [5, 5.41) is 21.8. The van der Waals surface area contributed by atoms with Crippen LogP contribution in [0.5, 0.6) is 17.2 Å². The van der Waals surface area contributed by atoms with E-state index in [0.29, 0.717) is 23.5 Å². The molecule has 0 heterocycles. The van der Waals surface area contributed by atoms with E-state index in [1.54, 1.807) is 24.3 Å². The van der Waals surface area contributed by atoms with E-state index >= 15 is 0 Å². The number of anilines is 1. The molecule has 0 saturated carbocycles. The number of aromatic hydroxyl groups is 2. The highest BCUT2D eigenvalue weighted by atomic mass is 16.5. The Morgan fingerprint density at radius 3 is 2.57 bits per heavy atom. The van der Waals surface area contributed by atoms with Gasteiger partial charge in [0, 0.05) is 12.1 Å². The van der Waals surface area contributed by atoms with Crippen molar-refractivity contribution >= 4 is 11.6 Å². The van der Waals surface area contributed by atoms with Crippen molar-refractivity contribution in [2.24, 2.45) is 5.73 Å². The van der Waals surface area contributed by atoms with Gasteiger partial charge in [-0.3, -0.25) is 4.79 Å². The number of benzene rings is 2. The fourth-order valence-corrected chi connectivity index (χ4v) is 1.88. The van der Waals surface area contributed by atoms with Gasteiger partial charge in [0.15, 0.2) is 11.5 Å². The second-order valence-electron chi connectivity index (χ2n) is 4.46. The third-order valence-corrected chi connectivity index (χ3v) is 3.01. The number of nitrogens with one attached hydrogen (secondary N) is 1. The molecule has 0 fully saturated rings. The van der Waals surface area contributed by atoms with Crippen LogP contribution in [0.4, 0.5) is 5.69 Å². The number of hydrogen-bond donors (Lipinski definition) is 4. The standard InChI is InChI=1S/C15H16N2O4/c1-21-14-5-3-10(15(16)20)7-11(14)17-8-9-2-4-12(18)13(19)6-9/h2-7,17-19H,8H2,1H3,(H2,16,20). The van der Waals surface area contributed by atoms with Crippen LogP contribution in [0.1, 0.15) is 15.9 Å². The Morgan fingerprint density at radius 2 is 1.95 bits per heavy atom. The van der Waals surface area contributed by atoms with Crippen molar-refractivity contribution in [1.82, 2.24) is 0 Å². The average Bonchev–Trinajstić information content (AvgIpc) is 2.48. The Morgan fingerprint density at radius 1 is 1.19 bits per heavy atom. The second-order valence-corrected chi connectivity index (χ2v) is 4.46. The maximum atomic E-state index is 11.2. The zero-order valence-corrected chi connectivity index (χ0v) is 11.5. The molecule has 0 unspecified atom stereocenters. The van der Waals surface area contributed by atoms with Crippen molar-refractivity contribution in [2.75, 3.05) is 12.4 Å². The largest absolute Gasteiger partial charge is 0.504 e. The molecular formula is C15H16N2O4. The van der Waals surface area contributed by atoms with Crippen LogP contribution >= 0.6 is 0 Å². The number of rotatable bonds is 5. The molecule has 6 heteroatoms. The van der Waals surface area contributed by atoms with E-state index in [0.717, 1.165) is 5.56 Å². The lowest BCUT2D eigenvalue weighted by atomic mass is 10.1. The fourth-order valence-electron chi connectivity index (χ4n) is 1.88. The molecule has 2 aromatic carbocycles. The zero-order valence-electron chi connectivity index (χ0n) is 11.5. The highest BCUT2D eigenvalue weighted by Gasteiger charge is 2.08. The van der Waals surface area contributed by atoms with Gasteiger partial charge in [0.25, 0.3) is 0 Å². The molecule has 21 heavy (non-hydrogen) atoms. The number of carbonyl (C=O) groups is 1. The van der Waals surface area contributed by atoms with Gasteiger partial charge in [-0.1, -0.05) is 6.07 Å². The van der Waals surface area contributed by atoms with Gasteiger partial charge in [-0.2, -0.15) is 0 Å². The quantitative estimate of drug-likeness (QED) is 0.628. The van der Waals surface area contributed by atoms with Crippen LogP contribution in [0, 0.1) is 0 Å². The van der Waals surface area contributed by atoms with E-state index < -0.39 is 5.91 Å². The lowest BCUT2D eigenvalue weighted by Crippen LogP contribution is -2.11. The Hall–Kier alpha value is -2.89. The number of methoxy groups -OCH3 is 1. The molecule has 2 rings (SSSR count). The van der Waals surface area contributed by atoms with E-state index in [4.69, 9.17) is 10.5 Å². The molecule has 2 aromatic rings. The number of primary amides is 1. The highest BCUT2D eigenvalue weighted by Crippen LogP contribution is 2.28. The van der Waals surface area contributed by atoms with Gasteiger partial charge in [-0.25, -0.2) is 0 Å². The molecule has 1 amide bonds. The molecule has 0 aromatic heterocycles. The number of phenolic OH excluding ortho intramolecular Hbond substituents is 2. The van der Waals surface area contributed by atoms with E-state index in [1.165, 1.54) is 19.2 Å². The molecule has 0 aliphatic heterocycles. The summed E-state index contributed by atoms with van der Waals surface area (Å²) in [5.41, 5.74) is 6.99. The summed E-state index contributed by atoms with van der Waals surface area (Å²) < 4.78 is 5.21. The molecule has 110 valence electrons. The molecule has 0 saturated heterocycles. The minimum Gasteiger partial charge on any atom is -0.504 e. The molecular weight excluding hydrogens is 272 g/mol. The molecule has 0 atom stereocenters. The van der Waals surface area contributed by atoms with Crippen molar-refractivity contribution in [1.29, 1.82) is 0 Å². The third kappa shape index (κ3) is 3.36. The van der Waals surface area contributed by atoms with Crippen LogP contribution in [0.25, 0.3) is 0 Å². The van der Waals surface area contributed by atoms with Gasteiger partial charge in [0.1, 0.15) is 5.75 Å². The molecule has 0 radical (unpaired) electrons. The Kier molecular flexibility index (Phi) is 4.18. The van der Waals surface area contributed by atoms with E-state index in [-0.39, 0.29) is 11.5 Å². The molecule has 0 bridgehead atoms. The van der Waals surface area contributed by atoms with Gasteiger partial charge >= 0.3 is 0 Å². The van der Waals surface area contributed by atoms with Gasteiger partial charge < -0.3 is 26.0 Å². The minimum absolute atomic E-state index is 0.174. The SMILES string of the molecule is COc1ccc(C(N)=O)cc1NCc1ccc(O)c(O)c1. The fraction of sp³-hybridized carbons (Fsp3) is 0.133. The topological polar surface area (TPSA) is 105 Å². The van der Waals surface area contributed by atoms with Gasteiger partial charge in [0.2, 0.25) is 5.91 Å². The Labute approximate surface area is 121 Å². The predicted molar refractivity (Wildman–Crippen MR) is 78.6 cm³/mol.